The Hall–Kier alpha value is -0.700. The fourth-order valence-electron chi connectivity index (χ4n) is 1.93. The highest BCUT2D eigenvalue weighted by atomic mass is 79.9. The van der Waals surface area contributed by atoms with E-state index in [4.69, 9.17) is 4.74 Å². The Morgan fingerprint density at radius 2 is 2.07 bits per heavy atom. The molecule has 1 aromatic rings. The Morgan fingerprint density at radius 1 is 1.33 bits per heavy atom. The van der Waals surface area contributed by atoms with E-state index < -0.39 is 0 Å². The molecule has 0 unspecified atom stereocenters. The summed E-state index contributed by atoms with van der Waals surface area (Å²) in [6.45, 7) is 5.07. The van der Waals surface area contributed by atoms with Gasteiger partial charge in [-0.2, -0.15) is 0 Å². The van der Waals surface area contributed by atoms with E-state index in [0.29, 0.717) is 6.61 Å². The average molecular weight is 270 g/mol. The maximum atomic E-state index is 5.56. The molecular weight excluding hydrogens is 254 g/mol. The van der Waals surface area contributed by atoms with Crippen molar-refractivity contribution in [2.24, 2.45) is 0 Å². The largest absolute Gasteiger partial charge is 0.493 e. The summed E-state index contributed by atoms with van der Waals surface area (Å²) in [5.41, 5.74) is 1.28. The summed E-state index contributed by atoms with van der Waals surface area (Å²) in [6, 6.07) is 6.34. The number of rotatable bonds is 3. The molecule has 0 radical (unpaired) electrons. The summed E-state index contributed by atoms with van der Waals surface area (Å²) >= 11 is 3.50. The van der Waals surface area contributed by atoms with Crippen molar-refractivity contribution in [3.63, 3.8) is 0 Å². The highest BCUT2D eigenvalue weighted by Crippen LogP contribution is 2.31. The van der Waals surface area contributed by atoms with E-state index in [-0.39, 0.29) is 0 Å². The lowest BCUT2D eigenvalue weighted by atomic mass is 10.3. The Bertz CT molecular complexity index is 334. The topological polar surface area (TPSA) is 12.5 Å². The molecule has 1 heterocycles. The SMILES string of the molecule is CCOc1cc(N2CCCC2)ccc1Br. The van der Waals surface area contributed by atoms with E-state index in [1.165, 1.54) is 31.6 Å². The minimum Gasteiger partial charge on any atom is -0.493 e. The van der Waals surface area contributed by atoms with Gasteiger partial charge in [0.05, 0.1) is 11.1 Å². The van der Waals surface area contributed by atoms with Crippen LogP contribution in [0.5, 0.6) is 5.75 Å². The van der Waals surface area contributed by atoms with Crippen LogP contribution in [0.15, 0.2) is 22.7 Å². The summed E-state index contributed by atoms with van der Waals surface area (Å²) < 4.78 is 6.60. The molecule has 2 rings (SSSR count). The quantitative estimate of drug-likeness (QED) is 0.834. The lowest BCUT2D eigenvalue weighted by molar-refractivity contribution is 0.338. The van der Waals surface area contributed by atoms with Crippen molar-refractivity contribution in [3.05, 3.63) is 22.7 Å². The highest BCUT2D eigenvalue weighted by molar-refractivity contribution is 9.10. The number of hydrogen-bond donors (Lipinski definition) is 0. The van der Waals surface area contributed by atoms with Gasteiger partial charge in [-0.3, -0.25) is 0 Å². The maximum Gasteiger partial charge on any atom is 0.135 e. The Labute approximate surface area is 99.4 Å². The molecule has 0 spiro atoms. The first-order valence-corrected chi connectivity index (χ1v) is 6.28. The van der Waals surface area contributed by atoms with Gasteiger partial charge in [0.25, 0.3) is 0 Å². The standard InChI is InChI=1S/C12H16BrNO/c1-2-15-12-9-10(5-6-11(12)13)14-7-3-4-8-14/h5-6,9H,2-4,7-8H2,1H3. The summed E-state index contributed by atoms with van der Waals surface area (Å²) in [5.74, 6) is 0.946. The number of hydrogen-bond acceptors (Lipinski definition) is 2. The van der Waals surface area contributed by atoms with Crippen molar-refractivity contribution in [1.82, 2.24) is 0 Å². The summed E-state index contributed by atoms with van der Waals surface area (Å²) in [5, 5.41) is 0. The molecule has 2 nitrogen and oxygen atoms in total. The fourth-order valence-corrected chi connectivity index (χ4v) is 2.29. The third-order valence-corrected chi connectivity index (χ3v) is 3.34. The van der Waals surface area contributed by atoms with Crippen LogP contribution in [0.25, 0.3) is 0 Å². The van der Waals surface area contributed by atoms with Crippen LogP contribution in [0.3, 0.4) is 0 Å². The van der Waals surface area contributed by atoms with Gasteiger partial charge >= 0.3 is 0 Å². The van der Waals surface area contributed by atoms with Gasteiger partial charge in [0.15, 0.2) is 0 Å². The first-order chi connectivity index (χ1) is 7.31. The molecule has 1 aliphatic heterocycles. The third kappa shape index (κ3) is 2.46. The number of benzene rings is 1. The summed E-state index contributed by atoms with van der Waals surface area (Å²) in [7, 11) is 0. The van der Waals surface area contributed by atoms with Crippen LogP contribution < -0.4 is 9.64 Å². The molecule has 0 amide bonds. The zero-order valence-electron chi connectivity index (χ0n) is 9.00. The van der Waals surface area contributed by atoms with Crippen molar-refractivity contribution in [3.8, 4) is 5.75 Å². The maximum absolute atomic E-state index is 5.56. The number of anilines is 1. The number of halogens is 1. The van der Waals surface area contributed by atoms with Crippen LogP contribution in [0.4, 0.5) is 5.69 Å². The predicted molar refractivity (Wildman–Crippen MR) is 66.8 cm³/mol. The van der Waals surface area contributed by atoms with Crippen LogP contribution in [-0.4, -0.2) is 19.7 Å². The molecule has 82 valence electrons. The molecule has 3 heteroatoms. The van der Waals surface area contributed by atoms with Gasteiger partial charge < -0.3 is 9.64 Å². The molecule has 0 aromatic heterocycles. The minimum atomic E-state index is 0.710. The molecule has 1 fully saturated rings. The Morgan fingerprint density at radius 3 is 2.73 bits per heavy atom. The normalized spacial score (nSPS) is 15.7. The lowest BCUT2D eigenvalue weighted by Gasteiger charge is -2.18. The second-order valence-corrected chi connectivity index (χ2v) is 4.60. The smallest absolute Gasteiger partial charge is 0.135 e. The van der Waals surface area contributed by atoms with Crippen molar-refractivity contribution in [2.45, 2.75) is 19.8 Å². The molecule has 0 bridgehead atoms. The summed E-state index contributed by atoms with van der Waals surface area (Å²) in [4.78, 5) is 2.41. The van der Waals surface area contributed by atoms with Gasteiger partial charge in [-0.05, 0) is 47.8 Å². The average Bonchev–Trinajstić information content (AvgIpc) is 2.75. The van der Waals surface area contributed by atoms with Gasteiger partial charge in [0, 0.05) is 24.8 Å². The van der Waals surface area contributed by atoms with E-state index in [1.807, 2.05) is 6.92 Å². The van der Waals surface area contributed by atoms with E-state index >= 15 is 0 Å². The third-order valence-electron chi connectivity index (χ3n) is 2.69. The Balaban J connectivity index is 2.21. The zero-order valence-corrected chi connectivity index (χ0v) is 10.6. The number of ether oxygens (including phenoxy) is 1. The van der Waals surface area contributed by atoms with Crippen LogP contribution in [0.2, 0.25) is 0 Å². The van der Waals surface area contributed by atoms with Crippen LogP contribution in [0.1, 0.15) is 19.8 Å². The monoisotopic (exact) mass is 269 g/mol. The molecule has 15 heavy (non-hydrogen) atoms. The predicted octanol–water partition coefficient (Wildman–Crippen LogP) is 3.45. The van der Waals surface area contributed by atoms with Crippen molar-refractivity contribution < 1.29 is 4.74 Å². The van der Waals surface area contributed by atoms with E-state index in [0.717, 1.165) is 10.2 Å². The van der Waals surface area contributed by atoms with Crippen molar-refractivity contribution >= 4 is 21.6 Å². The van der Waals surface area contributed by atoms with Crippen LogP contribution in [0, 0.1) is 0 Å². The molecule has 0 aliphatic carbocycles. The van der Waals surface area contributed by atoms with Gasteiger partial charge in [-0.1, -0.05) is 0 Å². The second-order valence-electron chi connectivity index (χ2n) is 3.74. The molecule has 0 N–H and O–H groups in total. The van der Waals surface area contributed by atoms with Gasteiger partial charge in [0.2, 0.25) is 0 Å². The zero-order chi connectivity index (χ0) is 10.7. The Kier molecular flexibility index (Phi) is 3.52. The molecule has 0 saturated carbocycles. The molecular formula is C12H16BrNO. The van der Waals surface area contributed by atoms with E-state index in [9.17, 15) is 0 Å². The molecule has 1 saturated heterocycles. The van der Waals surface area contributed by atoms with Crippen molar-refractivity contribution in [1.29, 1.82) is 0 Å². The van der Waals surface area contributed by atoms with Gasteiger partial charge in [-0.25, -0.2) is 0 Å². The van der Waals surface area contributed by atoms with Crippen LogP contribution in [-0.2, 0) is 0 Å². The fraction of sp³-hybridized carbons (Fsp3) is 0.500. The summed E-state index contributed by atoms with van der Waals surface area (Å²) in [6.07, 6.45) is 2.61. The first-order valence-electron chi connectivity index (χ1n) is 5.48. The lowest BCUT2D eigenvalue weighted by Crippen LogP contribution is -2.17. The number of nitrogens with zero attached hydrogens (tertiary/aromatic N) is 1. The van der Waals surface area contributed by atoms with E-state index in [1.54, 1.807) is 0 Å². The van der Waals surface area contributed by atoms with Crippen LogP contribution >= 0.6 is 15.9 Å². The molecule has 1 aromatic carbocycles. The van der Waals surface area contributed by atoms with Crippen molar-refractivity contribution in [2.75, 3.05) is 24.6 Å². The molecule has 0 atom stereocenters. The molecule has 1 aliphatic rings. The van der Waals surface area contributed by atoms with E-state index in [2.05, 4.69) is 39.0 Å². The van der Waals surface area contributed by atoms with Gasteiger partial charge in [0.1, 0.15) is 5.75 Å². The first kappa shape index (κ1) is 10.8. The highest BCUT2D eigenvalue weighted by Gasteiger charge is 2.13. The van der Waals surface area contributed by atoms with Gasteiger partial charge in [-0.15, -0.1) is 0 Å². The second kappa shape index (κ2) is 4.88. The minimum absolute atomic E-state index is 0.710.